The lowest BCUT2D eigenvalue weighted by Gasteiger charge is -2.09. The third-order valence-corrected chi connectivity index (χ3v) is 4.79. The Morgan fingerprint density at radius 1 is 1.22 bits per heavy atom. The van der Waals surface area contributed by atoms with Crippen molar-refractivity contribution in [2.45, 2.75) is 12.2 Å². The lowest BCUT2D eigenvalue weighted by molar-refractivity contribution is -0.118. The summed E-state index contributed by atoms with van der Waals surface area (Å²) in [5, 5.41) is 2.96. The molecule has 1 N–H and O–H groups in total. The van der Waals surface area contributed by atoms with Crippen molar-refractivity contribution in [3.8, 4) is 5.75 Å². The number of hydrogen-bond donors (Lipinski definition) is 1. The smallest absolute Gasteiger partial charge is 0.230 e. The van der Waals surface area contributed by atoms with E-state index in [0.29, 0.717) is 12.3 Å². The van der Waals surface area contributed by atoms with Crippen molar-refractivity contribution in [2.75, 3.05) is 19.4 Å². The Balaban J connectivity index is 1.70. The lowest BCUT2D eigenvalue weighted by atomic mass is 10.1. The topological polar surface area (TPSA) is 38.3 Å². The molecule has 2 rings (SSSR count). The van der Waals surface area contributed by atoms with Crippen LogP contribution in [-0.4, -0.2) is 25.3 Å². The minimum atomic E-state index is 0.0693. The molecule has 2 aromatic rings. The van der Waals surface area contributed by atoms with Gasteiger partial charge in [0.15, 0.2) is 0 Å². The molecule has 0 unspecified atom stereocenters. The van der Waals surface area contributed by atoms with Gasteiger partial charge >= 0.3 is 0 Å². The fourth-order valence-corrected chi connectivity index (χ4v) is 3.40. The van der Waals surface area contributed by atoms with Crippen LogP contribution < -0.4 is 10.1 Å². The predicted molar refractivity (Wildman–Crippen MR) is 100 cm³/mol. The van der Waals surface area contributed by atoms with Crippen LogP contribution >= 0.6 is 27.7 Å². The van der Waals surface area contributed by atoms with Gasteiger partial charge in [-0.15, -0.1) is 11.8 Å². The molecular formula is C18H20BrNO2S. The quantitative estimate of drug-likeness (QED) is 0.734. The Labute approximate surface area is 149 Å². The number of amides is 1. The minimum Gasteiger partial charge on any atom is -0.496 e. The highest BCUT2D eigenvalue weighted by Gasteiger charge is 2.06. The van der Waals surface area contributed by atoms with E-state index in [-0.39, 0.29) is 5.91 Å². The normalized spacial score (nSPS) is 10.3. The maximum absolute atomic E-state index is 11.9. The summed E-state index contributed by atoms with van der Waals surface area (Å²) >= 11 is 5.04. The van der Waals surface area contributed by atoms with Gasteiger partial charge in [-0.1, -0.05) is 46.3 Å². The first-order chi connectivity index (χ1) is 11.2. The number of hydrogen-bond acceptors (Lipinski definition) is 3. The molecular weight excluding hydrogens is 374 g/mol. The van der Waals surface area contributed by atoms with E-state index < -0.39 is 0 Å². The second kappa shape index (κ2) is 9.63. The number of methoxy groups -OCH3 is 1. The molecule has 0 saturated heterocycles. The van der Waals surface area contributed by atoms with Gasteiger partial charge in [0, 0.05) is 22.3 Å². The molecule has 0 spiro atoms. The number of halogens is 1. The first-order valence-electron chi connectivity index (χ1n) is 7.40. The van der Waals surface area contributed by atoms with Crippen LogP contribution in [0.1, 0.15) is 11.1 Å². The molecule has 0 heterocycles. The summed E-state index contributed by atoms with van der Waals surface area (Å²) in [7, 11) is 1.66. The van der Waals surface area contributed by atoms with Crippen LogP contribution in [-0.2, 0) is 17.0 Å². The van der Waals surface area contributed by atoms with Crippen molar-refractivity contribution in [1.82, 2.24) is 5.32 Å². The average Bonchev–Trinajstić information content (AvgIpc) is 2.56. The van der Waals surface area contributed by atoms with Gasteiger partial charge < -0.3 is 10.1 Å². The summed E-state index contributed by atoms with van der Waals surface area (Å²) < 4.78 is 6.35. The number of rotatable bonds is 8. The fraction of sp³-hybridized carbons (Fsp3) is 0.278. The van der Waals surface area contributed by atoms with Crippen LogP contribution in [0.5, 0.6) is 5.75 Å². The maximum atomic E-state index is 11.9. The van der Waals surface area contributed by atoms with Crippen LogP contribution in [0.4, 0.5) is 0 Å². The van der Waals surface area contributed by atoms with E-state index in [1.54, 1.807) is 18.9 Å². The molecule has 0 aliphatic rings. The van der Waals surface area contributed by atoms with Crippen molar-refractivity contribution in [3.05, 3.63) is 64.1 Å². The molecule has 0 aliphatic heterocycles. The van der Waals surface area contributed by atoms with Crippen LogP contribution in [0.25, 0.3) is 0 Å². The van der Waals surface area contributed by atoms with Gasteiger partial charge in [-0.25, -0.2) is 0 Å². The zero-order valence-corrected chi connectivity index (χ0v) is 15.5. The Bertz CT molecular complexity index is 634. The highest BCUT2D eigenvalue weighted by Crippen LogP contribution is 2.26. The number of ether oxygens (including phenoxy) is 1. The fourth-order valence-electron chi connectivity index (χ4n) is 2.16. The molecule has 23 heavy (non-hydrogen) atoms. The second-order valence-corrected chi connectivity index (χ2v) is 6.94. The van der Waals surface area contributed by atoms with E-state index in [2.05, 4.69) is 33.4 Å². The summed E-state index contributed by atoms with van der Waals surface area (Å²) in [6.45, 7) is 0.670. The zero-order valence-electron chi connectivity index (χ0n) is 13.0. The summed E-state index contributed by atoms with van der Waals surface area (Å²) in [5.41, 5.74) is 2.32. The van der Waals surface area contributed by atoms with Crippen molar-refractivity contribution < 1.29 is 9.53 Å². The number of benzene rings is 2. The highest BCUT2D eigenvalue weighted by atomic mass is 79.9. The average molecular weight is 394 g/mol. The Hall–Kier alpha value is -1.46. The van der Waals surface area contributed by atoms with Crippen LogP contribution in [0, 0.1) is 0 Å². The molecule has 122 valence electrons. The zero-order chi connectivity index (χ0) is 16.5. The molecule has 0 fully saturated rings. The van der Waals surface area contributed by atoms with Gasteiger partial charge in [0.2, 0.25) is 5.91 Å². The molecule has 0 aliphatic carbocycles. The highest BCUT2D eigenvalue weighted by molar-refractivity contribution is 9.10. The van der Waals surface area contributed by atoms with Crippen LogP contribution in [0.2, 0.25) is 0 Å². The van der Waals surface area contributed by atoms with Crippen molar-refractivity contribution in [3.63, 3.8) is 0 Å². The van der Waals surface area contributed by atoms with Gasteiger partial charge in [-0.3, -0.25) is 4.79 Å². The van der Waals surface area contributed by atoms with Gasteiger partial charge in [-0.05, 0) is 30.2 Å². The van der Waals surface area contributed by atoms with Gasteiger partial charge in [-0.2, -0.15) is 0 Å². The number of thioether (sulfide) groups is 1. The summed E-state index contributed by atoms with van der Waals surface area (Å²) in [4.78, 5) is 11.9. The first-order valence-corrected chi connectivity index (χ1v) is 9.34. The summed E-state index contributed by atoms with van der Waals surface area (Å²) in [5.74, 6) is 2.11. The third-order valence-electron chi connectivity index (χ3n) is 3.31. The van der Waals surface area contributed by atoms with E-state index >= 15 is 0 Å². The molecule has 0 atom stereocenters. The molecule has 2 aromatic carbocycles. The van der Waals surface area contributed by atoms with Gasteiger partial charge in [0.05, 0.1) is 12.9 Å². The molecule has 0 aromatic heterocycles. The molecule has 0 radical (unpaired) electrons. The second-order valence-electron chi connectivity index (χ2n) is 5.03. The minimum absolute atomic E-state index is 0.0693. The van der Waals surface area contributed by atoms with Crippen molar-refractivity contribution in [1.29, 1.82) is 0 Å². The molecule has 3 nitrogen and oxygen atoms in total. The first kappa shape index (κ1) is 17.9. The van der Waals surface area contributed by atoms with E-state index in [1.807, 2.05) is 36.4 Å². The van der Waals surface area contributed by atoms with Crippen LogP contribution in [0.15, 0.2) is 53.0 Å². The predicted octanol–water partition coefficient (Wildman–Crippen LogP) is 4.05. The van der Waals surface area contributed by atoms with Crippen molar-refractivity contribution in [2.24, 2.45) is 0 Å². The van der Waals surface area contributed by atoms with E-state index in [1.165, 1.54) is 5.56 Å². The summed E-state index contributed by atoms with van der Waals surface area (Å²) in [6.07, 6.45) is 0.858. The number of carbonyl (C=O) groups excluding carboxylic acids is 1. The van der Waals surface area contributed by atoms with E-state index in [9.17, 15) is 4.79 Å². The summed E-state index contributed by atoms with van der Waals surface area (Å²) in [6, 6.07) is 16.1. The molecule has 5 heteroatoms. The van der Waals surface area contributed by atoms with Crippen LogP contribution in [0.3, 0.4) is 0 Å². The lowest BCUT2D eigenvalue weighted by Crippen LogP contribution is -2.27. The number of nitrogens with one attached hydrogen (secondary N) is 1. The Morgan fingerprint density at radius 2 is 2.00 bits per heavy atom. The van der Waals surface area contributed by atoms with E-state index in [0.717, 1.165) is 28.0 Å². The standard InChI is InChI=1S/C18H20BrNO2S/c1-22-17-8-7-16(19)11-15(17)12-23-13-18(21)20-10-9-14-5-3-2-4-6-14/h2-8,11H,9-10,12-13H2,1H3,(H,20,21). The third kappa shape index (κ3) is 6.28. The monoisotopic (exact) mass is 393 g/mol. The van der Waals surface area contributed by atoms with Gasteiger partial charge in [0.1, 0.15) is 5.75 Å². The molecule has 0 bridgehead atoms. The number of carbonyl (C=O) groups is 1. The largest absolute Gasteiger partial charge is 0.496 e. The van der Waals surface area contributed by atoms with Crippen molar-refractivity contribution >= 4 is 33.6 Å². The van der Waals surface area contributed by atoms with E-state index in [4.69, 9.17) is 4.74 Å². The Morgan fingerprint density at radius 3 is 2.74 bits per heavy atom. The van der Waals surface area contributed by atoms with Gasteiger partial charge in [0.25, 0.3) is 0 Å². The maximum Gasteiger partial charge on any atom is 0.230 e. The Kier molecular flexibility index (Phi) is 7.49. The molecule has 1 amide bonds. The molecule has 0 saturated carbocycles. The SMILES string of the molecule is COc1ccc(Br)cc1CSCC(=O)NCCc1ccccc1.